The number of aliphatic hydroxyl groups is 2. The van der Waals surface area contributed by atoms with Crippen molar-refractivity contribution in [3.05, 3.63) is 42.6 Å². The van der Waals surface area contributed by atoms with Crippen LogP contribution in [0.4, 0.5) is 19.0 Å². The molecule has 2 aromatic heterocycles. The van der Waals surface area contributed by atoms with Gasteiger partial charge in [-0.1, -0.05) is 12.1 Å². The summed E-state index contributed by atoms with van der Waals surface area (Å²) < 4.78 is 69.4. The zero-order valence-electron chi connectivity index (χ0n) is 17.5. The van der Waals surface area contributed by atoms with E-state index in [4.69, 9.17) is 0 Å². The quantitative estimate of drug-likeness (QED) is 0.344. The lowest BCUT2D eigenvalue weighted by Gasteiger charge is -2.19. The molecule has 0 amide bonds. The molecule has 4 N–H and O–H groups in total. The molecule has 4 rings (SSSR count). The van der Waals surface area contributed by atoms with Gasteiger partial charge in [-0.15, -0.1) is 0 Å². The molecule has 1 aliphatic carbocycles. The number of benzene rings is 1. The lowest BCUT2D eigenvalue weighted by molar-refractivity contribution is -0.0328. The number of hydrogen-bond donors (Lipinski definition) is 4. The Balaban J connectivity index is 1.58. The van der Waals surface area contributed by atoms with E-state index >= 15 is 0 Å². The molecule has 10 nitrogen and oxygen atoms in total. The Hall–Kier alpha value is -2.43. The second-order valence-electron chi connectivity index (χ2n) is 7.52. The standard InChI is InChI=1S/C19H20F3N5O5S2/c1-32-34(30,31)26-14-8-13(17(28)18(14)29)24-15-5-6-23-16-9-12(25-27(15)16)10-3-2-4-11(7-10)33-19(20,21)22/h2-7,9,13-14,17-18,24,26,28-29H,8H2,1H3/t13-,14+,17-,18-/m0/s1. The van der Waals surface area contributed by atoms with Crippen LogP contribution in [-0.2, 0) is 14.5 Å². The first-order chi connectivity index (χ1) is 16.0. The lowest BCUT2D eigenvalue weighted by Crippen LogP contribution is -2.43. The third kappa shape index (κ3) is 5.45. The number of aliphatic hydroxyl groups excluding tert-OH is 2. The van der Waals surface area contributed by atoms with E-state index in [1.165, 1.54) is 28.9 Å². The number of rotatable bonds is 7. The SMILES string of the molecule is COS(=O)(=O)N[C@@H]1C[C@H](Nc2ccnc3cc(-c4cccc(SC(F)(F)F)c4)nn23)[C@H](O)[C@H]1O. The monoisotopic (exact) mass is 519 g/mol. The molecule has 0 aliphatic heterocycles. The van der Waals surface area contributed by atoms with E-state index in [0.717, 1.165) is 7.11 Å². The predicted octanol–water partition coefficient (Wildman–Crippen LogP) is 1.76. The number of alkyl halides is 3. The van der Waals surface area contributed by atoms with E-state index in [1.54, 1.807) is 18.2 Å². The number of aromatic nitrogens is 3. The minimum Gasteiger partial charge on any atom is -0.389 e. The third-order valence-corrected chi connectivity index (χ3v) is 7.00. The van der Waals surface area contributed by atoms with Crippen LogP contribution < -0.4 is 10.0 Å². The second kappa shape index (κ2) is 9.31. The molecule has 0 unspecified atom stereocenters. The van der Waals surface area contributed by atoms with Gasteiger partial charge >= 0.3 is 15.8 Å². The van der Waals surface area contributed by atoms with Gasteiger partial charge in [0, 0.05) is 22.7 Å². The first-order valence-corrected chi connectivity index (χ1v) is 12.1. The van der Waals surface area contributed by atoms with Gasteiger partial charge in [0.2, 0.25) is 0 Å². The first kappa shape index (κ1) is 24.7. The first-order valence-electron chi connectivity index (χ1n) is 9.87. The van der Waals surface area contributed by atoms with Crippen LogP contribution in [0.5, 0.6) is 0 Å². The molecule has 3 aromatic rings. The number of anilines is 1. The molecule has 2 heterocycles. The van der Waals surface area contributed by atoms with Gasteiger partial charge < -0.3 is 15.5 Å². The Kier molecular flexibility index (Phi) is 6.76. The molecule has 1 saturated carbocycles. The highest BCUT2D eigenvalue weighted by molar-refractivity contribution is 8.00. The van der Waals surface area contributed by atoms with E-state index in [2.05, 4.69) is 24.3 Å². The van der Waals surface area contributed by atoms with Gasteiger partial charge in [0.25, 0.3) is 0 Å². The molecule has 184 valence electrons. The smallest absolute Gasteiger partial charge is 0.389 e. The summed E-state index contributed by atoms with van der Waals surface area (Å²) in [5.74, 6) is 0.378. The summed E-state index contributed by atoms with van der Waals surface area (Å²) in [5.41, 5.74) is -3.20. The minimum atomic E-state index is -4.42. The Morgan fingerprint density at radius 1 is 1.18 bits per heavy atom. The largest absolute Gasteiger partial charge is 0.446 e. The summed E-state index contributed by atoms with van der Waals surface area (Å²) in [5, 5.41) is 28.1. The topological polar surface area (TPSA) is 138 Å². The Morgan fingerprint density at radius 3 is 2.62 bits per heavy atom. The van der Waals surface area contributed by atoms with Gasteiger partial charge in [0.15, 0.2) is 5.65 Å². The molecule has 1 aromatic carbocycles. The lowest BCUT2D eigenvalue weighted by atomic mass is 10.1. The van der Waals surface area contributed by atoms with Gasteiger partial charge in [0.1, 0.15) is 11.9 Å². The molecule has 0 saturated heterocycles. The molecule has 1 fully saturated rings. The van der Waals surface area contributed by atoms with Crippen LogP contribution in [-0.4, -0.2) is 70.1 Å². The zero-order valence-corrected chi connectivity index (χ0v) is 19.1. The summed E-state index contributed by atoms with van der Waals surface area (Å²) in [7, 11) is -3.11. The maximum Gasteiger partial charge on any atom is 0.446 e. The number of halogens is 3. The molecule has 15 heteroatoms. The summed E-state index contributed by atoms with van der Waals surface area (Å²) in [6.07, 6.45) is -1.18. The fraction of sp³-hybridized carbons (Fsp3) is 0.368. The zero-order chi connectivity index (χ0) is 24.7. The highest BCUT2D eigenvalue weighted by atomic mass is 32.2. The van der Waals surface area contributed by atoms with Crippen LogP contribution in [0, 0.1) is 0 Å². The number of fused-ring (bicyclic) bond motifs is 1. The van der Waals surface area contributed by atoms with Gasteiger partial charge in [0.05, 0.1) is 31.0 Å². The fourth-order valence-electron chi connectivity index (χ4n) is 3.71. The van der Waals surface area contributed by atoms with Crippen molar-refractivity contribution in [2.45, 2.75) is 41.1 Å². The number of nitrogens with zero attached hydrogens (tertiary/aromatic N) is 3. The highest BCUT2D eigenvalue weighted by Gasteiger charge is 2.43. The van der Waals surface area contributed by atoms with Crippen molar-refractivity contribution in [2.24, 2.45) is 0 Å². The van der Waals surface area contributed by atoms with Crippen LogP contribution in [0.2, 0.25) is 0 Å². The van der Waals surface area contributed by atoms with Gasteiger partial charge in [-0.05, 0) is 36.4 Å². The van der Waals surface area contributed by atoms with E-state index in [1.807, 2.05) is 0 Å². The van der Waals surface area contributed by atoms with Crippen molar-refractivity contribution < 1.29 is 36.0 Å². The molecular weight excluding hydrogens is 499 g/mol. The molecule has 1 aliphatic rings. The molecule has 0 radical (unpaired) electrons. The average molecular weight is 520 g/mol. The molecular formula is C19H20F3N5O5S2. The van der Waals surface area contributed by atoms with Crippen molar-refractivity contribution in [3.8, 4) is 11.3 Å². The van der Waals surface area contributed by atoms with Crippen LogP contribution in [0.1, 0.15) is 6.42 Å². The normalized spacial score (nSPS) is 23.5. The summed E-state index contributed by atoms with van der Waals surface area (Å²) in [6, 6.07) is 7.27. The van der Waals surface area contributed by atoms with E-state index < -0.39 is 40.1 Å². The van der Waals surface area contributed by atoms with Crippen molar-refractivity contribution in [1.29, 1.82) is 0 Å². The fourth-order valence-corrected chi connectivity index (χ4v) is 5.01. The third-order valence-electron chi connectivity index (χ3n) is 5.25. The van der Waals surface area contributed by atoms with Crippen molar-refractivity contribution in [3.63, 3.8) is 0 Å². The summed E-state index contributed by atoms with van der Waals surface area (Å²) >= 11 is -0.225. The van der Waals surface area contributed by atoms with Crippen LogP contribution in [0.3, 0.4) is 0 Å². The average Bonchev–Trinajstić information content (AvgIpc) is 3.31. The molecule has 4 atom stereocenters. The Morgan fingerprint density at radius 2 is 1.91 bits per heavy atom. The van der Waals surface area contributed by atoms with Crippen LogP contribution >= 0.6 is 11.8 Å². The number of thioether (sulfide) groups is 1. The number of nitrogens with one attached hydrogen (secondary N) is 2. The van der Waals surface area contributed by atoms with E-state index in [-0.39, 0.29) is 23.1 Å². The van der Waals surface area contributed by atoms with Gasteiger partial charge in [-0.25, -0.2) is 4.98 Å². The highest BCUT2D eigenvalue weighted by Crippen LogP contribution is 2.38. The summed E-state index contributed by atoms with van der Waals surface area (Å²) in [6.45, 7) is 0. The predicted molar refractivity (Wildman–Crippen MR) is 117 cm³/mol. The number of hydrogen-bond acceptors (Lipinski definition) is 9. The van der Waals surface area contributed by atoms with Gasteiger partial charge in [-0.2, -0.15) is 35.9 Å². The summed E-state index contributed by atoms with van der Waals surface area (Å²) in [4.78, 5) is 4.22. The molecule has 0 spiro atoms. The minimum absolute atomic E-state index is 0.0148. The van der Waals surface area contributed by atoms with Crippen molar-refractivity contribution in [1.82, 2.24) is 19.3 Å². The maximum atomic E-state index is 12.7. The Bertz CT molecular complexity index is 1290. The van der Waals surface area contributed by atoms with Crippen LogP contribution in [0.15, 0.2) is 47.5 Å². The van der Waals surface area contributed by atoms with Gasteiger partial charge in [-0.3, -0.25) is 4.18 Å². The molecule has 34 heavy (non-hydrogen) atoms. The van der Waals surface area contributed by atoms with Crippen molar-refractivity contribution >= 4 is 33.5 Å². The molecule has 0 bridgehead atoms. The van der Waals surface area contributed by atoms with Crippen molar-refractivity contribution in [2.75, 3.05) is 12.4 Å². The van der Waals surface area contributed by atoms with E-state index in [0.29, 0.717) is 22.7 Å². The maximum absolute atomic E-state index is 12.7. The van der Waals surface area contributed by atoms with Crippen LogP contribution in [0.25, 0.3) is 16.9 Å². The second-order valence-corrected chi connectivity index (χ2v) is 10.1. The Labute approximate surface area is 196 Å². The van der Waals surface area contributed by atoms with E-state index in [9.17, 15) is 31.8 Å².